The van der Waals surface area contributed by atoms with Crippen LogP contribution in [0.1, 0.15) is 44.7 Å². The molecule has 0 saturated carbocycles. The SMILES string of the molecule is C1=CCc2scnc2C=C1.CC.CCC. The molecule has 0 fully saturated rings. The van der Waals surface area contributed by atoms with Gasteiger partial charge in [0.15, 0.2) is 0 Å². The molecule has 0 amide bonds. The fourth-order valence-electron chi connectivity index (χ4n) is 0.968. The third-order valence-electron chi connectivity index (χ3n) is 1.48. The molecule has 84 valence electrons. The molecule has 0 aliphatic heterocycles. The van der Waals surface area contributed by atoms with E-state index >= 15 is 0 Å². The molecule has 1 aliphatic carbocycles. The second-order valence-corrected chi connectivity index (χ2v) is 3.80. The summed E-state index contributed by atoms with van der Waals surface area (Å²) < 4.78 is 0. The van der Waals surface area contributed by atoms with Crippen LogP contribution in [0.4, 0.5) is 0 Å². The quantitative estimate of drug-likeness (QED) is 0.620. The molecule has 0 atom stereocenters. The maximum Gasteiger partial charge on any atom is 0.0801 e. The van der Waals surface area contributed by atoms with Gasteiger partial charge in [0.05, 0.1) is 11.2 Å². The van der Waals surface area contributed by atoms with Crippen molar-refractivity contribution in [2.24, 2.45) is 0 Å². The number of aromatic nitrogens is 1. The zero-order valence-electron chi connectivity index (χ0n) is 10.2. The smallest absolute Gasteiger partial charge is 0.0801 e. The molecular weight excluding hydrogens is 202 g/mol. The molecule has 1 aromatic heterocycles. The molecule has 0 N–H and O–H groups in total. The van der Waals surface area contributed by atoms with Crippen LogP contribution in [0.15, 0.2) is 23.7 Å². The highest BCUT2D eigenvalue weighted by molar-refractivity contribution is 7.09. The molecule has 2 heteroatoms. The molecule has 0 radical (unpaired) electrons. The van der Waals surface area contributed by atoms with Crippen molar-refractivity contribution in [1.29, 1.82) is 0 Å². The Labute approximate surface area is 97.6 Å². The van der Waals surface area contributed by atoms with Gasteiger partial charge in [0.2, 0.25) is 0 Å². The Bertz CT molecular complexity index is 297. The molecule has 15 heavy (non-hydrogen) atoms. The molecule has 1 nitrogen and oxygen atoms in total. The fraction of sp³-hybridized carbons (Fsp3) is 0.462. The predicted octanol–water partition coefficient (Wildman–Crippen LogP) is 4.71. The number of hydrogen-bond acceptors (Lipinski definition) is 2. The van der Waals surface area contributed by atoms with Gasteiger partial charge in [-0.3, -0.25) is 0 Å². The zero-order chi connectivity index (χ0) is 11.5. The van der Waals surface area contributed by atoms with E-state index in [1.807, 2.05) is 25.4 Å². The number of fused-ring (bicyclic) bond motifs is 1. The van der Waals surface area contributed by atoms with Gasteiger partial charge >= 0.3 is 0 Å². The van der Waals surface area contributed by atoms with E-state index in [0.29, 0.717) is 0 Å². The molecule has 0 unspecified atom stereocenters. The topological polar surface area (TPSA) is 12.9 Å². The molecule has 0 bridgehead atoms. The van der Waals surface area contributed by atoms with Crippen molar-refractivity contribution >= 4 is 17.4 Å². The van der Waals surface area contributed by atoms with E-state index in [-0.39, 0.29) is 0 Å². The first-order valence-corrected chi connectivity index (χ1v) is 6.52. The second-order valence-electron chi connectivity index (χ2n) is 2.86. The van der Waals surface area contributed by atoms with Crippen molar-refractivity contribution in [1.82, 2.24) is 4.98 Å². The summed E-state index contributed by atoms with van der Waals surface area (Å²) in [6, 6.07) is 0. The second kappa shape index (κ2) is 9.66. The van der Waals surface area contributed by atoms with Crippen molar-refractivity contribution in [2.75, 3.05) is 0 Å². The molecule has 0 aromatic carbocycles. The average molecular weight is 223 g/mol. The van der Waals surface area contributed by atoms with E-state index in [9.17, 15) is 0 Å². The summed E-state index contributed by atoms with van der Waals surface area (Å²) in [6.45, 7) is 8.25. The molecule has 1 aromatic rings. The minimum atomic E-state index is 1.03. The summed E-state index contributed by atoms with van der Waals surface area (Å²) in [5.41, 5.74) is 3.03. The predicted molar refractivity (Wildman–Crippen MR) is 71.3 cm³/mol. The van der Waals surface area contributed by atoms with Crippen LogP contribution in [0.5, 0.6) is 0 Å². The lowest BCUT2D eigenvalue weighted by atomic mass is 10.3. The van der Waals surface area contributed by atoms with Gasteiger partial charge in [0.1, 0.15) is 0 Å². The van der Waals surface area contributed by atoms with Crippen LogP contribution < -0.4 is 0 Å². The third-order valence-corrected chi connectivity index (χ3v) is 2.35. The van der Waals surface area contributed by atoms with Crippen molar-refractivity contribution in [2.45, 2.75) is 40.5 Å². The van der Waals surface area contributed by atoms with Crippen LogP contribution in [-0.4, -0.2) is 4.98 Å². The normalized spacial score (nSPS) is 11.5. The molecule has 0 spiro atoms. The minimum Gasteiger partial charge on any atom is -0.245 e. The Balaban J connectivity index is 0.000000342. The van der Waals surface area contributed by atoms with Crippen LogP contribution in [0, 0.1) is 0 Å². The lowest BCUT2D eigenvalue weighted by Crippen LogP contribution is -1.77. The lowest BCUT2D eigenvalue weighted by molar-refractivity contribution is 1.09. The van der Waals surface area contributed by atoms with E-state index in [1.54, 1.807) is 11.3 Å². The molecule has 2 rings (SSSR count). The van der Waals surface area contributed by atoms with Crippen LogP contribution in [0.2, 0.25) is 0 Å². The van der Waals surface area contributed by atoms with Crippen LogP contribution in [0.25, 0.3) is 6.08 Å². The maximum atomic E-state index is 4.21. The van der Waals surface area contributed by atoms with Crippen LogP contribution in [0.3, 0.4) is 0 Å². The van der Waals surface area contributed by atoms with E-state index in [2.05, 4.69) is 37.1 Å². The Hall–Kier alpha value is -0.890. The maximum absolute atomic E-state index is 4.21. The number of thiazole rings is 1. The van der Waals surface area contributed by atoms with E-state index in [0.717, 1.165) is 12.1 Å². The van der Waals surface area contributed by atoms with Crippen molar-refractivity contribution in [3.05, 3.63) is 34.3 Å². The fourth-order valence-corrected chi connectivity index (χ4v) is 1.70. The monoisotopic (exact) mass is 223 g/mol. The third kappa shape index (κ3) is 5.53. The summed E-state index contributed by atoms with van der Waals surface area (Å²) in [6.07, 6.45) is 10.6. The van der Waals surface area contributed by atoms with Crippen LogP contribution in [-0.2, 0) is 6.42 Å². The van der Waals surface area contributed by atoms with Crippen molar-refractivity contribution in [3.63, 3.8) is 0 Å². The number of nitrogens with zero attached hydrogens (tertiary/aromatic N) is 1. The van der Waals surface area contributed by atoms with Gasteiger partial charge in [-0.2, -0.15) is 0 Å². The molecule has 1 heterocycles. The summed E-state index contributed by atoms with van der Waals surface area (Å²) in [5.74, 6) is 0. The van der Waals surface area contributed by atoms with E-state index in [4.69, 9.17) is 0 Å². The Kier molecular flexibility index (Phi) is 9.08. The highest BCUT2D eigenvalue weighted by Crippen LogP contribution is 2.17. The molecule has 0 saturated heterocycles. The highest BCUT2D eigenvalue weighted by atomic mass is 32.1. The first-order chi connectivity index (χ1) is 7.38. The highest BCUT2D eigenvalue weighted by Gasteiger charge is 2.01. The van der Waals surface area contributed by atoms with Gasteiger partial charge < -0.3 is 0 Å². The number of hydrogen-bond donors (Lipinski definition) is 0. The lowest BCUT2D eigenvalue weighted by Gasteiger charge is -1.87. The standard InChI is InChI=1S/C8H7NS.C3H8.C2H6/c1-2-4-7-8(5-3-1)10-6-9-7;1-3-2;1-2/h1-4,6H,5H2;3H2,1-2H3;1-2H3. The molecular formula is C13H21NS. The summed E-state index contributed by atoms with van der Waals surface area (Å²) in [5, 5.41) is 0. The van der Waals surface area contributed by atoms with Gasteiger partial charge in [0, 0.05) is 11.3 Å². The van der Waals surface area contributed by atoms with Crippen LogP contribution >= 0.6 is 11.3 Å². The largest absolute Gasteiger partial charge is 0.245 e. The van der Waals surface area contributed by atoms with Gasteiger partial charge in [0.25, 0.3) is 0 Å². The molecule has 1 aliphatic rings. The first kappa shape index (κ1) is 14.1. The Morgan fingerprint density at radius 3 is 2.60 bits per heavy atom. The van der Waals surface area contributed by atoms with E-state index < -0.39 is 0 Å². The number of rotatable bonds is 0. The number of allylic oxidation sites excluding steroid dienone is 3. The average Bonchev–Trinajstić information content (AvgIpc) is 2.60. The van der Waals surface area contributed by atoms with Gasteiger partial charge in [-0.15, -0.1) is 11.3 Å². The first-order valence-electron chi connectivity index (χ1n) is 5.64. The van der Waals surface area contributed by atoms with Gasteiger partial charge in [-0.25, -0.2) is 4.98 Å². The summed E-state index contributed by atoms with van der Waals surface area (Å²) in [7, 11) is 0. The van der Waals surface area contributed by atoms with Gasteiger partial charge in [-0.1, -0.05) is 52.3 Å². The summed E-state index contributed by atoms with van der Waals surface area (Å²) >= 11 is 1.73. The zero-order valence-corrected chi connectivity index (χ0v) is 11.0. The Morgan fingerprint density at radius 1 is 1.27 bits per heavy atom. The van der Waals surface area contributed by atoms with Gasteiger partial charge in [-0.05, 0) is 6.08 Å². The van der Waals surface area contributed by atoms with E-state index in [1.165, 1.54) is 11.3 Å². The minimum absolute atomic E-state index is 1.03. The summed E-state index contributed by atoms with van der Waals surface area (Å²) in [4.78, 5) is 5.57. The van der Waals surface area contributed by atoms with Crippen molar-refractivity contribution in [3.8, 4) is 0 Å². The Morgan fingerprint density at radius 2 is 1.93 bits per heavy atom. The van der Waals surface area contributed by atoms with Crippen molar-refractivity contribution < 1.29 is 0 Å².